The van der Waals surface area contributed by atoms with Crippen LogP contribution in [0.25, 0.3) is 0 Å². The van der Waals surface area contributed by atoms with Crippen molar-refractivity contribution in [3.8, 4) is 0 Å². The molecule has 1 aliphatic heterocycles. The number of hydrogen-bond donors (Lipinski definition) is 2. The van der Waals surface area contributed by atoms with E-state index in [2.05, 4.69) is 37.4 Å². The first-order valence-corrected chi connectivity index (χ1v) is 6.63. The molecule has 0 aliphatic carbocycles. The zero-order chi connectivity index (χ0) is 13.0. The largest absolute Gasteiger partial charge is 0.357 e. The van der Waals surface area contributed by atoms with Crippen LogP contribution < -0.4 is 10.6 Å². The van der Waals surface area contributed by atoms with Crippen molar-refractivity contribution >= 4 is 23.5 Å². The van der Waals surface area contributed by atoms with Gasteiger partial charge in [-0.05, 0) is 44.5 Å². The molecule has 0 saturated carbocycles. The number of anilines is 2. The van der Waals surface area contributed by atoms with Crippen LogP contribution in [0.4, 0.5) is 11.9 Å². The van der Waals surface area contributed by atoms with Gasteiger partial charge in [-0.25, -0.2) is 0 Å². The quantitative estimate of drug-likeness (QED) is 0.845. The third-order valence-electron chi connectivity index (χ3n) is 2.94. The van der Waals surface area contributed by atoms with Crippen molar-refractivity contribution in [3.05, 3.63) is 5.28 Å². The van der Waals surface area contributed by atoms with Crippen LogP contribution in [0, 0.1) is 0 Å². The minimum absolute atomic E-state index is 0.199. The van der Waals surface area contributed by atoms with Crippen molar-refractivity contribution in [1.29, 1.82) is 0 Å². The molecule has 7 heteroatoms. The van der Waals surface area contributed by atoms with Crippen LogP contribution in [-0.4, -0.2) is 52.6 Å². The highest BCUT2D eigenvalue weighted by Crippen LogP contribution is 2.12. The van der Waals surface area contributed by atoms with E-state index in [9.17, 15) is 0 Å². The predicted molar refractivity (Wildman–Crippen MR) is 73.1 cm³/mol. The molecule has 0 bridgehead atoms. The lowest BCUT2D eigenvalue weighted by molar-refractivity contribution is 0.327. The molecule has 100 valence electrons. The first-order valence-electron chi connectivity index (χ1n) is 6.25. The predicted octanol–water partition coefficient (Wildman–Crippen LogP) is 1.46. The number of aromatic nitrogens is 3. The van der Waals surface area contributed by atoms with Crippen LogP contribution in [0.15, 0.2) is 0 Å². The van der Waals surface area contributed by atoms with E-state index < -0.39 is 0 Å². The Labute approximate surface area is 112 Å². The summed E-state index contributed by atoms with van der Waals surface area (Å²) in [5, 5.41) is 6.31. The molecule has 0 radical (unpaired) electrons. The summed E-state index contributed by atoms with van der Waals surface area (Å²) in [4.78, 5) is 14.7. The lowest BCUT2D eigenvalue weighted by Crippen LogP contribution is -2.33. The Morgan fingerprint density at radius 3 is 2.56 bits per heavy atom. The smallest absolute Gasteiger partial charge is 0.229 e. The summed E-state index contributed by atoms with van der Waals surface area (Å²) in [7, 11) is 1.75. The molecule has 0 spiro atoms. The molecule has 2 heterocycles. The van der Waals surface area contributed by atoms with Crippen LogP contribution in [0.3, 0.4) is 0 Å². The van der Waals surface area contributed by atoms with Crippen molar-refractivity contribution in [2.24, 2.45) is 0 Å². The van der Waals surface area contributed by atoms with Crippen molar-refractivity contribution in [2.75, 3.05) is 37.3 Å². The number of nitrogens with one attached hydrogen (secondary N) is 2. The lowest BCUT2D eigenvalue weighted by Gasteiger charge is -2.21. The Morgan fingerprint density at radius 2 is 1.89 bits per heavy atom. The molecule has 6 nitrogen and oxygen atoms in total. The molecule has 1 saturated heterocycles. The molecule has 1 aromatic heterocycles. The summed E-state index contributed by atoms with van der Waals surface area (Å²) < 4.78 is 0. The Balaban J connectivity index is 1.93. The maximum Gasteiger partial charge on any atom is 0.229 e. The summed E-state index contributed by atoms with van der Waals surface area (Å²) in [6.45, 7) is 5.49. The van der Waals surface area contributed by atoms with Gasteiger partial charge in [0.1, 0.15) is 0 Å². The third kappa shape index (κ3) is 3.68. The van der Waals surface area contributed by atoms with Crippen molar-refractivity contribution in [2.45, 2.75) is 25.8 Å². The van der Waals surface area contributed by atoms with Gasteiger partial charge in [-0.15, -0.1) is 0 Å². The van der Waals surface area contributed by atoms with E-state index in [0.717, 1.165) is 6.54 Å². The molecular weight excluding hydrogens is 252 g/mol. The van der Waals surface area contributed by atoms with Gasteiger partial charge in [-0.3, -0.25) is 0 Å². The van der Waals surface area contributed by atoms with E-state index in [4.69, 9.17) is 11.6 Å². The normalized spacial score (nSPS) is 17.7. The van der Waals surface area contributed by atoms with E-state index in [1.807, 2.05) is 0 Å². The van der Waals surface area contributed by atoms with Crippen LogP contribution in [-0.2, 0) is 0 Å². The van der Waals surface area contributed by atoms with Gasteiger partial charge in [0.15, 0.2) is 0 Å². The van der Waals surface area contributed by atoms with Gasteiger partial charge in [0.05, 0.1) is 0 Å². The molecule has 1 unspecified atom stereocenters. The van der Waals surface area contributed by atoms with Gasteiger partial charge < -0.3 is 15.5 Å². The summed E-state index contributed by atoms with van der Waals surface area (Å²) in [5.74, 6) is 0.997. The molecule has 0 amide bonds. The molecule has 1 aliphatic rings. The highest BCUT2D eigenvalue weighted by Gasteiger charge is 2.15. The Hall–Kier alpha value is -1.14. The Bertz CT molecular complexity index is 393. The summed E-state index contributed by atoms with van der Waals surface area (Å²) in [6.07, 6.45) is 2.60. The molecular formula is C11H19ClN6. The highest BCUT2D eigenvalue weighted by molar-refractivity contribution is 6.28. The average Bonchev–Trinajstić information content (AvgIpc) is 2.80. The average molecular weight is 271 g/mol. The summed E-state index contributed by atoms with van der Waals surface area (Å²) >= 11 is 5.83. The van der Waals surface area contributed by atoms with Crippen molar-refractivity contribution in [3.63, 3.8) is 0 Å². The zero-order valence-corrected chi connectivity index (χ0v) is 11.5. The number of likely N-dealkylation sites (tertiary alicyclic amines) is 1. The lowest BCUT2D eigenvalue weighted by atomic mass is 10.3. The Kier molecular flexibility index (Phi) is 4.54. The molecule has 1 aromatic rings. The maximum absolute atomic E-state index is 5.83. The zero-order valence-electron chi connectivity index (χ0n) is 10.8. The molecule has 18 heavy (non-hydrogen) atoms. The minimum Gasteiger partial charge on any atom is -0.357 e. The van der Waals surface area contributed by atoms with Crippen LogP contribution in [0.2, 0.25) is 5.28 Å². The summed E-state index contributed by atoms with van der Waals surface area (Å²) in [6, 6.07) is 0.284. The molecule has 2 rings (SSSR count). The number of rotatable bonds is 5. The Morgan fingerprint density at radius 1 is 1.22 bits per heavy atom. The van der Waals surface area contributed by atoms with Gasteiger partial charge in [0.25, 0.3) is 0 Å². The van der Waals surface area contributed by atoms with Crippen molar-refractivity contribution in [1.82, 2.24) is 19.9 Å². The van der Waals surface area contributed by atoms with Crippen LogP contribution in [0.1, 0.15) is 19.8 Å². The SMILES string of the molecule is CNc1nc(Cl)nc(NC(C)CN2CCCC2)n1. The monoisotopic (exact) mass is 270 g/mol. The van der Waals surface area contributed by atoms with E-state index in [1.54, 1.807) is 7.05 Å². The van der Waals surface area contributed by atoms with E-state index in [1.165, 1.54) is 25.9 Å². The molecule has 2 N–H and O–H groups in total. The van der Waals surface area contributed by atoms with Gasteiger partial charge in [-0.1, -0.05) is 0 Å². The third-order valence-corrected chi connectivity index (χ3v) is 3.11. The first kappa shape index (κ1) is 13.3. The number of hydrogen-bond acceptors (Lipinski definition) is 6. The van der Waals surface area contributed by atoms with Crippen molar-refractivity contribution < 1.29 is 0 Å². The standard InChI is InChI=1S/C11H19ClN6/c1-8(7-18-5-3-4-6-18)14-11-16-9(12)15-10(13-2)17-11/h8H,3-7H2,1-2H3,(H2,13,14,15,16,17). The second-order valence-corrected chi connectivity index (χ2v) is 4.89. The fourth-order valence-corrected chi connectivity index (χ4v) is 2.31. The minimum atomic E-state index is 0.199. The molecule has 1 atom stereocenters. The molecule has 1 fully saturated rings. The van der Waals surface area contributed by atoms with Gasteiger partial charge in [0, 0.05) is 19.6 Å². The van der Waals surface area contributed by atoms with Crippen LogP contribution in [0.5, 0.6) is 0 Å². The van der Waals surface area contributed by atoms with Crippen LogP contribution >= 0.6 is 11.6 Å². The second kappa shape index (κ2) is 6.15. The second-order valence-electron chi connectivity index (χ2n) is 4.55. The fourth-order valence-electron chi connectivity index (χ4n) is 2.14. The summed E-state index contributed by atoms with van der Waals surface area (Å²) in [5.41, 5.74) is 0. The van der Waals surface area contributed by atoms with E-state index in [-0.39, 0.29) is 11.3 Å². The van der Waals surface area contributed by atoms with E-state index in [0.29, 0.717) is 11.9 Å². The van der Waals surface area contributed by atoms with Gasteiger partial charge in [0.2, 0.25) is 17.2 Å². The van der Waals surface area contributed by atoms with E-state index >= 15 is 0 Å². The van der Waals surface area contributed by atoms with Gasteiger partial charge in [-0.2, -0.15) is 15.0 Å². The molecule has 0 aromatic carbocycles. The number of halogens is 1. The number of nitrogens with zero attached hydrogens (tertiary/aromatic N) is 4. The first-order chi connectivity index (χ1) is 8.67. The topological polar surface area (TPSA) is 66.0 Å². The fraction of sp³-hybridized carbons (Fsp3) is 0.727. The maximum atomic E-state index is 5.83. The van der Waals surface area contributed by atoms with Gasteiger partial charge >= 0.3 is 0 Å². The highest BCUT2D eigenvalue weighted by atomic mass is 35.5.